The van der Waals surface area contributed by atoms with Gasteiger partial charge in [-0.05, 0) is 32.1 Å². The molecule has 2 aliphatic rings. The van der Waals surface area contributed by atoms with Crippen LogP contribution < -0.4 is 5.73 Å². The number of esters is 1. The standard InChI is InChI=1S/C13H23NO4/c14-11-5-3-10(4-6-11)13(15)18-7-1-2-12-16-8-9-17-12/h10-12H,1-9,14H2/t10-,11-. The summed E-state index contributed by atoms with van der Waals surface area (Å²) >= 11 is 0. The van der Waals surface area contributed by atoms with Crippen molar-refractivity contribution in [3.63, 3.8) is 0 Å². The minimum absolute atomic E-state index is 0.0591. The first kappa shape index (κ1) is 13.8. The lowest BCUT2D eigenvalue weighted by molar-refractivity contribution is -0.150. The molecule has 1 aliphatic heterocycles. The van der Waals surface area contributed by atoms with Crippen molar-refractivity contribution >= 4 is 5.97 Å². The van der Waals surface area contributed by atoms with Crippen molar-refractivity contribution in [2.75, 3.05) is 19.8 Å². The minimum Gasteiger partial charge on any atom is -0.465 e. The van der Waals surface area contributed by atoms with Crippen LogP contribution >= 0.6 is 0 Å². The highest BCUT2D eigenvalue weighted by Gasteiger charge is 2.25. The average Bonchev–Trinajstić information content (AvgIpc) is 2.88. The molecule has 1 saturated heterocycles. The molecule has 0 bridgehead atoms. The van der Waals surface area contributed by atoms with E-state index in [-0.39, 0.29) is 24.2 Å². The van der Waals surface area contributed by atoms with Crippen molar-refractivity contribution in [1.29, 1.82) is 0 Å². The van der Waals surface area contributed by atoms with Gasteiger partial charge in [0.05, 0.1) is 25.7 Å². The van der Waals surface area contributed by atoms with Gasteiger partial charge in [0.15, 0.2) is 6.29 Å². The Morgan fingerprint density at radius 2 is 1.83 bits per heavy atom. The van der Waals surface area contributed by atoms with Gasteiger partial charge in [-0.3, -0.25) is 4.79 Å². The van der Waals surface area contributed by atoms with Crippen molar-refractivity contribution in [2.45, 2.75) is 50.9 Å². The second-order valence-corrected chi connectivity index (χ2v) is 5.09. The van der Waals surface area contributed by atoms with E-state index in [0.717, 1.165) is 38.5 Å². The Morgan fingerprint density at radius 3 is 2.50 bits per heavy atom. The molecule has 1 saturated carbocycles. The molecule has 2 rings (SSSR count). The van der Waals surface area contributed by atoms with Crippen molar-refractivity contribution in [1.82, 2.24) is 0 Å². The average molecular weight is 257 g/mol. The zero-order valence-electron chi connectivity index (χ0n) is 10.8. The van der Waals surface area contributed by atoms with Crippen LogP contribution in [0.25, 0.3) is 0 Å². The van der Waals surface area contributed by atoms with Crippen LogP contribution in [0.3, 0.4) is 0 Å². The molecule has 0 radical (unpaired) electrons. The van der Waals surface area contributed by atoms with Gasteiger partial charge in [-0.1, -0.05) is 0 Å². The summed E-state index contributed by atoms with van der Waals surface area (Å²) in [6.45, 7) is 1.81. The molecule has 0 aromatic carbocycles. The normalized spacial score (nSPS) is 29.4. The van der Waals surface area contributed by atoms with Crippen LogP contribution in [0.1, 0.15) is 38.5 Å². The molecule has 18 heavy (non-hydrogen) atoms. The third kappa shape index (κ3) is 4.23. The maximum absolute atomic E-state index is 11.8. The van der Waals surface area contributed by atoms with Gasteiger partial charge in [0.25, 0.3) is 0 Å². The summed E-state index contributed by atoms with van der Waals surface area (Å²) in [5.74, 6) is -0.000982. The van der Waals surface area contributed by atoms with Gasteiger partial charge < -0.3 is 19.9 Å². The number of hydrogen-bond acceptors (Lipinski definition) is 5. The van der Waals surface area contributed by atoms with Crippen LogP contribution in [0, 0.1) is 5.92 Å². The molecule has 0 unspecified atom stereocenters. The molecule has 0 aromatic heterocycles. The maximum Gasteiger partial charge on any atom is 0.308 e. The van der Waals surface area contributed by atoms with Gasteiger partial charge >= 0.3 is 5.97 Å². The number of carbonyl (C=O) groups is 1. The predicted molar refractivity (Wildman–Crippen MR) is 65.8 cm³/mol. The van der Waals surface area contributed by atoms with E-state index in [4.69, 9.17) is 19.9 Å². The molecule has 5 nitrogen and oxygen atoms in total. The Morgan fingerprint density at radius 1 is 1.17 bits per heavy atom. The summed E-state index contributed by atoms with van der Waals surface area (Å²) < 4.78 is 15.9. The summed E-state index contributed by atoms with van der Waals surface area (Å²) in [5.41, 5.74) is 5.81. The van der Waals surface area contributed by atoms with Gasteiger partial charge in [-0.2, -0.15) is 0 Å². The highest BCUT2D eigenvalue weighted by molar-refractivity contribution is 5.72. The molecule has 0 aromatic rings. The number of nitrogens with two attached hydrogens (primary N) is 1. The van der Waals surface area contributed by atoms with Crippen molar-refractivity contribution in [3.8, 4) is 0 Å². The van der Waals surface area contributed by atoms with E-state index in [0.29, 0.717) is 19.8 Å². The van der Waals surface area contributed by atoms with Crippen molar-refractivity contribution in [2.24, 2.45) is 11.7 Å². The summed E-state index contributed by atoms with van der Waals surface area (Å²) in [6.07, 6.45) is 5.10. The zero-order valence-corrected chi connectivity index (χ0v) is 10.8. The lowest BCUT2D eigenvalue weighted by Gasteiger charge is -2.24. The summed E-state index contributed by atoms with van der Waals surface area (Å²) in [7, 11) is 0. The molecule has 5 heteroatoms. The first-order chi connectivity index (χ1) is 8.75. The fourth-order valence-corrected chi connectivity index (χ4v) is 2.47. The van der Waals surface area contributed by atoms with Crippen LogP contribution in [0.4, 0.5) is 0 Å². The van der Waals surface area contributed by atoms with Crippen LogP contribution in [-0.4, -0.2) is 38.1 Å². The van der Waals surface area contributed by atoms with Gasteiger partial charge in [-0.15, -0.1) is 0 Å². The van der Waals surface area contributed by atoms with Crippen LogP contribution in [0.2, 0.25) is 0 Å². The molecule has 2 fully saturated rings. The van der Waals surface area contributed by atoms with E-state index >= 15 is 0 Å². The summed E-state index contributed by atoms with van der Waals surface area (Å²) in [6, 6.07) is 0.269. The Labute approximate surface area is 108 Å². The zero-order chi connectivity index (χ0) is 12.8. The molecular formula is C13H23NO4. The maximum atomic E-state index is 11.8. The quantitative estimate of drug-likeness (QED) is 0.592. The van der Waals surface area contributed by atoms with Crippen molar-refractivity contribution in [3.05, 3.63) is 0 Å². The number of ether oxygens (including phenoxy) is 3. The topological polar surface area (TPSA) is 70.8 Å². The van der Waals surface area contributed by atoms with E-state index in [9.17, 15) is 4.79 Å². The third-order valence-corrected chi connectivity index (χ3v) is 3.62. The molecule has 0 amide bonds. The van der Waals surface area contributed by atoms with Crippen LogP contribution in [0.15, 0.2) is 0 Å². The second kappa shape index (κ2) is 7.07. The highest BCUT2D eigenvalue weighted by Crippen LogP contribution is 2.24. The van der Waals surface area contributed by atoms with Gasteiger partial charge in [0.2, 0.25) is 0 Å². The van der Waals surface area contributed by atoms with Crippen molar-refractivity contribution < 1.29 is 19.0 Å². The monoisotopic (exact) mass is 257 g/mol. The smallest absolute Gasteiger partial charge is 0.308 e. The number of carbonyl (C=O) groups excluding carboxylic acids is 1. The highest BCUT2D eigenvalue weighted by atomic mass is 16.7. The second-order valence-electron chi connectivity index (χ2n) is 5.09. The van der Waals surface area contributed by atoms with Crippen LogP contribution in [0.5, 0.6) is 0 Å². The molecule has 1 aliphatic carbocycles. The first-order valence-electron chi connectivity index (χ1n) is 6.91. The van der Waals surface area contributed by atoms with E-state index in [2.05, 4.69) is 0 Å². The van der Waals surface area contributed by atoms with Gasteiger partial charge in [0.1, 0.15) is 0 Å². The lowest BCUT2D eigenvalue weighted by atomic mass is 9.86. The van der Waals surface area contributed by atoms with E-state index in [1.165, 1.54) is 0 Å². The van der Waals surface area contributed by atoms with Crippen LogP contribution in [-0.2, 0) is 19.0 Å². The fraction of sp³-hybridized carbons (Fsp3) is 0.923. The SMILES string of the molecule is N[C@H]1CC[C@H](C(=O)OCCCC2OCCO2)CC1. The largest absolute Gasteiger partial charge is 0.465 e. The van der Waals surface area contributed by atoms with Gasteiger partial charge in [-0.25, -0.2) is 0 Å². The fourth-order valence-electron chi connectivity index (χ4n) is 2.47. The van der Waals surface area contributed by atoms with Gasteiger partial charge in [0, 0.05) is 12.5 Å². The summed E-state index contributed by atoms with van der Waals surface area (Å²) in [4.78, 5) is 11.8. The van der Waals surface area contributed by atoms with E-state index < -0.39 is 0 Å². The predicted octanol–water partition coefficient (Wildman–Crippen LogP) is 1.20. The molecule has 2 N–H and O–H groups in total. The lowest BCUT2D eigenvalue weighted by Crippen LogP contribution is -2.30. The number of hydrogen-bond donors (Lipinski definition) is 1. The Bertz CT molecular complexity index is 258. The third-order valence-electron chi connectivity index (χ3n) is 3.62. The first-order valence-corrected chi connectivity index (χ1v) is 6.91. The Kier molecular flexibility index (Phi) is 5.41. The Balaban J connectivity index is 1.54. The minimum atomic E-state index is -0.101. The molecular weight excluding hydrogens is 234 g/mol. The van der Waals surface area contributed by atoms with E-state index in [1.54, 1.807) is 0 Å². The molecule has 0 atom stereocenters. The van der Waals surface area contributed by atoms with E-state index in [1.807, 2.05) is 0 Å². The summed E-state index contributed by atoms with van der Waals surface area (Å²) in [5, 5.41) is 0. The Hall–Kier alpha value is -0.650. The number of rotatable bonds is 5. The molecule has 1 heterocycles. The molecule has 0 spiro atoms. The molecule has 104 valence electrons.